The molecule has 2 aromatic carbocycles. The first-order valence-corrected chi connectivity index (χ1v) is 9.03. The van der Waals surface area contributed by atoms with Crippen LogP contribution in [-0.4, -0.2) is 29.4 Å². The van der Waals surface area contributed by atoms with Gasteiger partial charge in [0.2, 0.25) is 0 Å². The molecule has 1 aliphatic rings. The van der Waals surface area contributed by atoms with Gasteiger partial charge >= 0.3 is 5.97 Å². The summed E-state index contributed by atoms with van der Waals surface area (Å²) in [6.07, 6.45) is 1.93. The Morgan fingerprint density at radius 2 is 1.89 bits per heavy atom. The van der Waals surface area contributed by atoms with Crippen molar-refractivity contribution >= 4 is 34.9 Å². The molecule has 1 saturated carbocycles. The van der Waals surface area contributed by atoms with Gasteiger partial charge < -0.3 is 15.4 Å². The van der Waals surface area contributed by atoms with Crippen LogP contribution in [-0.2, 0) is 16.1 Å². The van der Waals surface area contributed by atoms with Gasteiger partial charge in [0.15, 0.2) is 6.61 Å². The Hall–Kier alpha value is -3.13. The van der Waals surface area contributed by atoms with E-state index in [9.17, 15) is 19.7 Å². The van der Waals surface area contributed by atoms with Gasteiger partial charge in [0.05, 0.1) is 10.5 Å². The van der Waals surface area contributed by atoms with E-state index in [2.05, 4.69) is 10.6 Å². The fourth-order valence-electron chi connectivity index (χ4n) is 2.45. The lowest BCUT2D eigenvalue weighted by Gasteiger charge is -2.09. The number of rotatable bonds is 8. The molecule has 8 nitrogen and oxygen atoms in total. The summed E-state index contributed by atoms with van der Waals surface area (Å²) >= 11 is 5.79. The largest absolute Gasteiger partial charge is 0.452 e. The van der Waals surface area contributed by atoms with Crippen LogP contribution in [0, 0.1) is 10.1 Å². The molecule has 1 fully saturated rings. The number of benzene rings is 2. The normalized spacial score (nSPS) is 12.9. The van der Waals surface area contributed by atoms with Gasteiger partial charge in [-0.05, 0) is 42.7 Å². The van der Waals surface area contributed by atoms with E-state index >= 15 is 0 Å². The number of amides is 1. The highest BCUT2D eigenvalue weighted by Crippen LogP contribution is 2.31. The Morgan fingerprint density at radius 3 is 2.54 bits per heavy atom. The monoisotopic (exact) mass is 403 g/mol. The standard InChI is InChI=1S/C19H18ClN3O5/c20-14-4-1-12(2-5-14)10-21-18(24)11-28-19(25)13-3-8-16(22-15-6-7-15)17(9-13)23(26)27/h1-5,8-9,15,22H,6-7,10-11H2,(H,21,24). The lowest BCUT2D eigenvalue weighted by atomic mass is 10.1. The molecule has 1 amide bonds. The zero-order valence-corrected chi connectivity index (χ0v) is 15.6. The van der Waals surface area contributed by atoms with Gasteiger partial charge in [-0.15, -0.1) is 0 Å². The van der Waals surface area contributed by atoms with Gasteiger partial charge in [-0.1, -0.05) is 23.7 Å². The topological polar surface area (TPSA) is 111 Å². The lowest BCUT2D eigenvalue weighted by Crippen LogP contribution is -2.28. The maximum atomic E-state index is 12.1. The Labute approximate surface area is 166 Å². The van der Waals surface area contributed by atoms with E-state index in [-0.39, 0.29) is 23.8 Å². The van der Waals surface area contributed by atoms with Crippen molar-refractivity contribution in [1.29, 1.82) is 0 Å². The second kappa shape index (κ2) is 8.71. The predicted molar refractivity (Wildman–Crippen MR) is 103 cm³/mol. The van der Waals surface area contributed by atoms with Gasteiger partial charge in [0, 0.05) is 23.7 Å². The molecule has 0 saturated heterocycles. The zero-order valence-electron chi connectivity index (χ0n) is 14.8. The van der Waals surface area contributed by atoms with Crippen LogP contribution in [0.1, 0.15) is 28.8 Å². The predicted octanol–water partition coefficient (Wildman–Crippen LogP) is 3.30. The molecule has 9 heteroatoms. The minimum Gasteiger partial charge on any atom is -0.452 e. The van der Waals surface area contributed by atoms with Crippen molar-refractivity contribution in [3.8, 4) is 0 Å². The van der Waals surface area contributed by atoms with Crippen molar-refractivity contribution < 1.29 is 19.2 Å². The summed E-state index contributed by atoms with van der Waals surface area (Å²) in [6.45, 7) is -0.219. The van der Waals surface area contributed by atoms with Crippen LogP contribution in [0.2, 0.25) is 5.02 Å². The molecule has 0 aromatic heterocycles. The van der Waals surface area contributed by atoms with E-state index in [1.807, 2.05) is 0 Å². The number of nitrogens with one attached hydrogen (secondary N) is 2. The van der Waals surface area contributed by atoms with Crippen molar-refractivity contribution in [3.63, 3.8) is 0 Å². The number of carbonyl (C=O) groups excluding carboxylic acids is 2. The fourth-order valence-corrected chi connectivity index (χ4v) is 2.57. The first-order chi connectivity index (χ1) is 13.4. The third-order valence-corrected chi connectivity index (χ3v) is 4.36. The van der Waals surface area contributed by atoms with Gasteiger partial charge in [-0.25, -0.2) is 4.79 Å². The van der Waals surface area contributed by atoms with Gasteiger partial charge in [-0.2, -0.15) is 0 Å². The number of hydrogen-bond donors (Lipinski definition) is 2. The summed E-state index contributed by atoms with van der Waals surface area (Å²) in [4.78, 5) is 34.7. The van der Waals surface area contributed by atoms with Crippen LogP contribution in [0.4, 0.5) is 11.4 Å². The van der Waals surface area contributed by atoms with Crippen LogP contribution in [0.3, 0.4) is 0 Å². The van der Waals surface area contributed by atoms with E-state index in [1.54, 1.807) is 24.3 Å². The highest BCUT2D eigenvalue weighted by atomic mass is 35.5. The number of anilines is 1. The maximum absolute atomic E-state index is 12.1. The molecule has 0 heterocycles. The quantitative estimate of drug-likeness (QED) is 0.397. The van der Waals surface area contributed by atoms with E-state index < -0.39 is 23.4 Å². The average Bonchev–Trinajstić information content (AvgIpc) is 3.49. The molecule has 2 aromatic rings. The van der Waals surface area contributed by atoms with Crippen molar-refractivity contribution in [3.05, 3.63) is 68.7 Å². The SMILES string of the molecule is O=C(COC(=O)c1ccc(NC2CC2)c([N+](=O)[O-])c1)NCc1ccc(Cl)cc1. The molecule has 0 spiro atoms. The van der Waals surface area contributed by atoms with E-state index in [0.29, 0.717) is 10.7 Å². The number of nitro groups is 1. The number of nitro benzene ring substituents is 1. The number of ether oxygens (including phenoxy) is 1. The number of halogens is 1. The first kappa shape index (κ1) is 19.6. The van der Waals surface area contributed by atoms with E-state index in [0.717, 1.165) is 24.5 Å². The first-order valence-electron chi connectivity index (χ1n) is 8.65. The zero-order chi connectivity index (χ0) is 20.1. The second-order valence-corrected chi connectivity index (χ2v) is 6.82. The summed E-state index contributed by atoms with van der Waals surface area (Å²) < 4.78 is 4.95. The minimum atomic E-state index is -0.803. The average molecular weight is 404 g/mol. The molecule has 0 bridgehead atoms. The van der Waals surface area contributed by atoms with E-state index in [1.165, 1.54) is 12.1 Å². The summed E-state index contributed by atoms with van der Waals surface area (Å²) in [6, 6.07) is 11.3. The van der Waals surface area contributed by atoms with Crippen molar-refractivity contribution in [1.82, 2.24) is 5.32 Å². The summed E-state index contributed by atoms with van der Waals surface area (Å²) in [5.41, 5.74) is 1.02. The van der Waals surface area contributed by atoms with Crippen LogP contribution in [0.5, 0.6) is 0 Å². The second-order valence-electron chi connectivity index (χ2n) is 6.39. The van der Waals surface area contributed by atoms with Gasteiger partial charge in [-0.3, -0.25) is 14.9 Å². The van der Waals surface area contributed by atoms with Gasteiger partial charge in [0.25, 0.3) is 11.6 Å². The number of carbonyl (C=O) groups is 2. The van der Waals surface area contributed by atoms with Gasteiger partial charge in [0.1, 0.15) is 5.69 Å². The lowest BCUT2D eigenvalue weighted by molar-refractivity contribution is -0.384. The van der Waals surface area contributed by atoms with Crippen molar-refractivity contribution in [2.24, 2.45) is 0 Å². The maximum Gasteiger partial charge on any atom is 0.338 e. The molecule has 28 heavy (non-hydrogen) atoms. The number of nitrogens with zero attached hydrogens (tertiary/aromatic N) is 1. The van der Waals surface area contributed by atoms with Crippen molar-refractivity contribution in [2.75, 3.05) is 11.9 Å². The molecule has 0 unspecified atom stereocenters. The molecule has 2 N–H and O–H groups in total. The number of hydrogen-bond acceptors (Lipinski definition) is 6. The molecular formula is C19H18ClN3O5. The molecule has 0 aliphatic heterocycles. The van der Waals surface area contributed by atoms with Crippen LogP contribution < -0.4 is 10.6 Å². The Bertz CT molecular complexity index is 897. The van der Waals surface area contributed by atoms with Crippen LogP contribution in [0.25, 0.3) is 0 Å². The summed E-state index contributed by atoms with van der Waals surface area (Å²) in [5.74, 6) is -1.28. The smallest absolute Gasteiger partial charge is 0.338 e. The summed E-state index contributed by atoms with van der Waals surface area (Å²) in [7, 11) is 0. The molecule has 0 atom stereocenters. The van der Waals surface area contributed by atoms with E-state index in [4.69, 9.17) is 16.3 Å². The minimum absolute atomic E-state index is 0.0125. The molecule has 0 radical (unpaired) electrons. The summed E-state index contributed by atoms with van der Waals surface area (Å²) in [5, 5.41) is 17.5. The Balaban J connectivity index is 1.53. The highest BCUT2D eigenvalue weighted by molar-refractivity contribution is 6.30. The fraction of sp³-hybridized carbons (Fsp3) is 0.263. The van der Waals surface area contributed by atoms with Crippen LogP contribution in [0.15, 0.2) is 42.5 Å². The third kappa shape index (κ3) is 5.43. The Kier molecular flexibility index (Phi) is 6.10. The van der Waals surface area contributed by atoms with Crippen LogP contribution >= 0.6 is 11.6 Å². The number of esters is 1. The molecule has 3 rings (SSSR count). The van der Waals surface area contributed by atoms with Crippen molar-refractivity contribution in [2.45, 2.75) is 25.4 Å². The molecule has 1 aliphatic carbocycles. The molecule has 146 valence electrons. The third-order valence-electron chi connectivity index (χ3n) is 4.10. The molecular weight excluding hydrogens is 386 g/mol. The highest BCUT2D eigenvalue weighted by Gasteiger charge is 2.26. The Morgan fingerprint density at radius 1 is 1.18 bits per heavy atom.